The van der Waals surface area contributed by atoms with Crippen LogP contribution in [0.1, 0.15) is 29.6 Å². The maximum Gasteiger partial charge on any atom is 0.222 e. The Hall–Kier alpha value is -2.14. The van der Waals surface area contributed by atoms with Crippen molar-refractivity contribution in [3.8, 4) is 0 Å². The van der Waals surface area contributed by atoms with Gasteiger partial charge in [-0.05, 0) is 29.7 Å². The van der Waals surface area contributed by atoms with E-state index in [1.165, 1.54) is 11.1 Å². The van der Waals surface area contributed by atoms with Gasteiger partial charge in [0.05, 0.1) is 12.1 Å². The van der Waals surface area contributed by atoms with E-state index >= 15 is 0 Å². The number of anilines is 1. The van der Waals surface area contributed by atoms with E-state index in [1.54, 1.807) is 6.33 Å². The van der Waals surface area contributed by atoms with E-state index in [2.05, 4.69) is 73.8 Å². The zero-order valence-corrected chi connectivity index (χ0v) is 13.4. The minimum atomic E-state index is 0.182. The number of benzene rings is 2. The maximum absolute atomic E-state index is 4.40. The maximum atomic E-state index is 4.40. The number of hydrogen-bond donors (Lipinski definition) is 1. The predicted molar refractivity (Wildman–Crippen MR) is 89.7 cm³/mol. The van der Waals surface area contributed by atoms with Gasteiger partial charge in [-0.15, -0.1) is 0 Å². The summed E-state index contributed by atoms with van der Waals surface area (Å²) in [4.78, 5) is 4.36. The molecule has 2 aromatic carbocycles. The molecule has 2 atom stereocenters. The highest BCUT2D eigenvalue weighted by Gasteiger charge is 2.29. The van der Waals surface area contributed by atoms with Gasteiger partial charge in [0.15, 0.2) is 0 Å². The molecule has 0 saturated heterocycles. The number of fused-ring (bicyclic) bond motifs is 1. The monoisotopic (exact) mass is 354 g/mol. The fraction of sp³-hybridized carbons (Fsp3) is 0.176. The molecule has 2 heterocycles. The van der Waals surface area contributed by atoms with Crippen molar-refractivity contribution < 1.29 is 0 Å². The first kappa shape index (κ1) is 13.5. The van der Waals surface area contributed by atoms with Crippen LogP contribution in [0, 0.1) is 0 Å². The summed E-state index contributed by atoms with van der Waals surface area (Å²) in [7, 11) is 0. The van der Waals surface area contributed by atoms with Crippen LogP contribution in [0.5, 0.6) is 0 Å². The molecule has 1 aliphatic heterocycles. The molecule has 0 unspecified atom stereocenters. The SMILES string of the molecule is Brc1cccc([C@H]2C[C@@H](c3ccccc3)Nc3ncnn32)c1. The van der Waals surface area contributed by atoms with Crippen molar-refractivity contribution in [2.75, 3.05) is 5.32 Å². The number of rotatable bonds is 2. The van der Waals surface area contributed by atoms with Gasteiger partial charge in [-0.2, -0.15) is 10.1 Å². The molecule has 0 amide bonds. The quantitative estimate of drug-likeness (QED) is 0.750. The Balaban J connectivity index is 1.75. The molecule has 0 bridgehead atoms. The average molecular weight is 355 g/mol. The molecule has 0 radical (unpaired) electrons. The van der Waals surface area contributed by atoms with Crippen LogP contribution in [0.25, 0.3) is 0 Å². The van der Waals surface area contributed by atoms with E-state index < -0.39 is 0 Å². The van der Waals surface area contributed by atoms with Crippen molar-refractivity contribution in [1.82, 2.24) is 14.8 Å². The van der Waals surface area contributed by atoms with E-state index in [0.717, 1.165) is 16.8 Å². The van der Waals surface area contributed by atoms with Crippen LogP contribution in [0.3, 0.4) is 0 Å². The molecule has 0 saturated carbocycles. The number of aromatic nitrogens is 3. The normalized spacial score (nSPS) is 20.2. The minimum Gasteiger partial charge on any atom is -0.348 e. The van der Waals surface area contributed by atoms with Gasteiger partial charge in [0, 0.05) is 4.47 Å². The Morgan fingerprint density at radius 2 is 1.86 bits per heavy atom. The van der Waals surface area contributed by atoms with Crippen LogP contribution in [0.2, 0.25) is 0 Å². The molecule has 0 aliphatic carbocycles. The van der Waals surface area contributed by atoms with Gasteiger partial charge in [-0.1, -0.05) is 58.4 Å². The van der Waals surface area contributed by atoms with Crippen molar-refractivity contribution >= 4 is 21.9 Å². The van der Waals surface area contributed by atoms with Gasteiger partial charge in [0.1, 0.15) is 6.33 Å². The molecule has 1 aliphatic rings. The Morgan fingerprint density at radius 1 is 1.05 bits per heavy atom. The molecular weight excluding hydrogens is 340 g/mol. The molecule has 5 heteroatoms. The Labute approximate surface area is 137 Å². The largest absolute Gasteiger partial charge is 0.348 e. The van der Waals surface area contributed by atoms with Crippen LogP contribution in [-0.4, -0.2) is 14.8 Å². The molecular formula is C17H15BrN4. The lowest BCUT2D eigenvalue weighted by Gasteiger charge is -2.31. The van der Waals surface area contributed by atoms with Gasteiger partial charge in [-0.3, -0.25) is 0 Å². The first-order chi connectivity index (χ1) is 10.8. The van der Waals surface area contributed by atoms with Crippen LogP contribution in [0.15, 0.2) is 65.4 Å². The second-order valence-electron chi connectivity index (χ2n) is 5.44. The highest BCUT2D eigenvalue weighted by Crippen LogP contribution is 2.37. The van der Waals surface area contributed by atoms with Gasteiger partial charge in [0.2, 0.25) is 5.95 Å². The van der Waals surface area contributed by atoms with Crippen molar-refractivity contribution in [3.05, 3.63) is 76.5 Å². The van der Waals surface area contributed by atoms with Crippen LogP contribution >= 0.6 is 15.9 Å². The van der Waals surface area contributed by atoms with Gasteiger partial charge in [0.25, 0.3) is 0 Å². The summed E-state index contributed by atoms with van der Waals surface area (Å²) in [6.07, 6.45) is 2.55. The van der Waals surface area contributed by atoms with Crippen LogP contribution in [-0.2, 0) is 0 Å². The smallest absolute Gasteiger partial charge is 0.222 e. The first-order valence-electron chi connectivity index (χ1n) is 7.28. The topological polar surface area (TPSA) is 42.7 Å². The molecule has 0 spiro atoms. The summed E-state index contributed by atoms with van der Waals surface area (Å²) >= 11 is 3.56. The molecule has 1 aromatic heterocycles. The Kier molecular flexibility index (Phi) is 3.42. The van der Waals surface area contributed by atoms with E-state index in [-0.39, 0.29) is 12.1 Å². The second kappa shape index (κ2) is 5.57. The molecule has 110 valence electrons. The fourth-order valence-corrected chi connectivity index (χ4v) is 3.43. The van der Waals surface area contributed by atoms with Crippen molar-refractivity contribution in [1.29, 1.82) is 0 Å². The van der Waals surface area contributed by atoms with Crippen molar-refractivity contribution in [2.45, 2.75) is 18.5 Å². The van der Waals surface area contributed by atoms with E-state index in [4.69, 9.17) is 0 Å². The molecule has 4 rings (SSSR count). The lowest BCUT2D eigenvalue weighted by molar-refractivity contribution is 0.430. The summed E-state index contributed by atoms with van der Waals surface area (Å²) in [6, 6.07) is 19.3. The van der Waals surface area contributed by atoms with Crippen molar-refractivity contribution in [3.63, 3.8) is 0 Å². The summed E-state index contributed by atoms with van der Waals surface area (Å²) in [5, 5.41) is 7.89. The zero-order chi connectivity index (χ0) is 14.9. The Bertz CT molecular complexity index is 784. The van der Waals surface area contributed by atoms with Gasteiger partial charge in [-0.25, -0.2) is 4.68 Å². The van der Waals surface area contributed by atoms with Gasteiger partial charge < -0.3 is 5.32 Å². The molecule has 22 heavy (non-hydrogen) atoms. The number of halogens is 1. The van der Waals surface area contributed by atoms with Gasteiger partial charge >= 0.3 is 0 Å². The van der Waals surface area contributed by atoms with E-state index in [9.17, 15) is 0 Å². The second-order valence-corrected chi connectivity index (χ2v) is 6.36. The third kappa shape index (κ3) is 2.41. The lowest BCUT2D eigenvalue weighted by Crippen LogP contribution is -2.28. The molecule has 4 nitrogen and oxygen atoms in total. The number of nitrogens with zero attached hydrogens (tertiary/aromatic N) is 3. The molecule has 1 N–H and O–H groups in total. The zero-order valence-electron chi connectivity index (χ0n) is 11.9. The first-order valence-corrected chi connectivity index (χ1v) is 8.07. The summed E-state index contributed by atoms with van der Waals surface area (Å²) in [5.41, 5.74) is 2.51. The van der Waals surface area contributed by atoms with Crippen LogP contribution < -0.4 is 5.32 Å². The Morgan fingerprint density at radius 3 is 2.68 bits per heavy atom. The molecule has 3 aromatic rings. The summed E-state index contributed by atoms with van der Waals surface area (Å²) in [6.45, 7) is 0. The third-order valence-electron chi connectivity index (χ3n) is 4.07. The number of hydrogen-bond acceptors (Lipinski definition) is 3. The van der Waals surface area contributed by atoms with E-state index in [0.29, 0.717) is 0 Å². The highest BCUT2D eigenvalue weighted by molar-refractivity contribution is 9.10. The standard InChI is InChI=1S/C17H15BrN4/c18-14-8-4-7-13(9-14)16-10-15(12-5-2-1-3-6-12)21-17-19-11-20-22(16)17/h1-9,11,15-16H,10H2,(H,19,20,21)/t15-,16+/m0/s1. The van der Waals surface area contributed by atoms with Crippen molar-refractivity contribution in [2.24, 2.45) is 0 Å². The highest BCUT2D eigenvalue weighted by atomic mass is 79.9. The summed E-state index contributed by atoms with van der Waals surface area (Å²) < 4.78 is 3.06. The summed E-state index contributed by atoms with van der Waals surface area (Å²) in [5.74, 6) is 0.824. The predicted octanol–water partition coefficient (Wildman–Crippen LogP) is 4.19. The van der Waals surface area contributed by atoms with Crippen LogP contribution in [0.4, 0.5) is 5.95 Å². The fourth-order valence-electron chi connectivity index (χ4n) is 3.02. The minimum absolute atomic E-state index is 0.182. The number of nitrogens with one attached hydrogen (secondary N) is 1. The molecule has 0 fully saturated rings. The average Bonchev–Trinajstić information content (AvgIpc) is 3.03. The van der Waals surface area contributed by atoms with E-state index in [1.807, 2.05) is 16.8 Å². The lowest BCUT2D eigenvalue weighted by atomic mass is 9.93. The third-order valence-corrected chi connectivity index (χ3v) is 4.56.